The molecule has 3 heterocycles. The molecular formula is C21H24N6O. The van der Waals surface area contributed by atoms with Gasteiger partial charge in [0.05, 0.1) is 11.4 Å². The molecule has 1 saturated heterocycles. The van der Waals surface area contributed by atoms with Crippen LogP contribution in [0.3, 0.4) is 0 Å². The monoisotopic (exact) mass is 376 g/mol. The largest absolute Gasteiger partial charge is 0.347 e. The van der Waals surface area contributed by atoms with E-state index in [0.717, 1.165) is 47.6 Å². The minimum absolute atomic E-state index is 0.135. The normalized spacial score (nSPS) is 20.0. The number of amides is 1. The summed E-state index contributed by atoms with van der Waals surface area (Å²) in [5, 5.41) is 13.7. The molecule has 28 heavy (non-hydrogen) atoms. The van der Waals surface area contributed by atoms with E-state index in [0.29, 0.717) is 5.69 Å². The fourth-order valence-electron chi connectivity index (χ4n) is 4.09. The highest BCUT2D eigenvalue weighted by molar-refractivity contribution is 5.94. The zero-order valence-electron chi connectivity index (χ0n) is 16.0. The highest BCUT2D eigenvalue weighted by Crippen LogP contribution is 2.30. The van der Waals surface area contributed by atoms with Crippen molar-refractivity contribution in [1.29, 1.82) is 0 Å². The first-order valence-corrected chi connectivity index (χ1v) is 9.97. The van der Waals surface area contributed by atoms with Gasteiger partial charge < -0.3 is 10.2 Å². The quantitative estimate of drug-likeness (QED) is 0.740. The second kappa shape index (κ2) is 6.98. The molecule has 1 saturated carbocycles. The number of likely N-dealkylation sites (tertiary alicyclic amines) is 1. The summed E-state index contributed by atoms with van der Waals surface area (Å²) in [6, 6.07) is 8.11. The molecule has 0 unspecified atom stereocenters. The van der Waals surface area contributed by atoms with E-state index in [-0.39, 0.29) is 11.9 Å². The lowest BCUT2D eigenvalue weighted by Crippen LogP contribution is -2.37. The van der Waals surface area contributed by atoms with Crippen LogP contribution in [0.1, 0.15) is 35.4 Å². The van der Waals surface area contributed by atoms with Gasteiger partial charge in [0.25, 0.3) is 5.91 Å². The van der Waals surface area contributed by atoms with Crippen molar-refractivity contribution < 1.29 is 4.79 Å². The number of benzene rings is 1. The second-order valence-corrected chi connectivity index (χ2v) is 7.97. The molecule has 2 aromatic heterocycles. The third-order valence-electron chi connectivity index (χ3n) is 5.82. The van der Waals surface area contributed by atoms with Gasteiger partial charge in [-0.2, -0.15) is 0 Å². The number of nitrogens with one attached hydrogen (secondary N) is 1. The Morgan fingerprint density at radius 1 is 1.25 bits per heavy atom. The third-order valence-corrected chi connectivity index (χ3v) is 5.82. The lowest BCUT2D eigenvalue weighted by molar-refractivity contribution is 0.0932. The number of hydrogen-bond donors (Lipinski definition) is 1. The molecule has 1 aliphatic heterocycles. The molecule has 0 spiro atoms. The van der Waals surface area contributed by atoms with Gasteiger partial charge in [-0.3, -0.25) is 9.78 Å². The molecule has 2 aliphatic rings. The summed E-state index contributed by atoms with van der Waals surface area (Å²) in [6.07, 6.45) is 7.31. The van der Waals surface area contributed by atoms with Crippen molar-refractivity contribution in [3.8, 4) is 5.69 Å². The van der Waals surface area contributed by atoms with Crippen LogP contribution in [0.15, 0.2) is 36.7 Å². The van der Waals surface area contributed by atoms with Crippen LogP contribution in [0.4, 0.5) is 0 Å². The van der Waals surface area contributed by atoms with E-state index in [1.807, 2.05) is 37.4 Å². The number of carbonyl (C=O) groups excluding carboxylic acids is 1. The Bertz CT molecular complexity index is 1020. The van der Waals surface area contributed by atoms with Crippen molar-refractivity contribution >= 4 is 16.7 Å². The molecule has 3 aromatic rings. The number of hydrogen-bond acceptors (Lipinski definition) is 5. The smallest absolute Gasteiger partial charge is 0.274 e. The van der Waals surface area contributed by atoms with Gasteiger partial charge >= 0.3 is 0 Å². The molecule has 2 fully saturated rings. The van der Waals surface area contributed by atoms with E-state index >= 15 is 0 Å². The van der Waals surface area contributed by atoms with E-state index in [2.05, 4.69) is 25.5 Å². The van der Waals surface area contributed by atoms with Crippen LogP contribution in [0.25, 0.3) is 16.5 Å². The van der Waals surface area contributed by atoms with Crippen molar-refractivity contribution in [2.45, 2.75) is 32.2 Å². The summed E-state index contributed by atoms with van der Waals surface area (Å²) in [5.41, 5.74) is 2.04. The Hall–Kier alpha value is -2.80. The van der Waals surface area contributed by atoms with Crippen molar-refractivity contribution in [3.63, 3.8) is 0 Å². The minimum Gasteiger partial charge on any atom is -0.347 e. The van der Waals surface area contributed by atoms with E-state index in [9.17, 15) is 4.79 Å². The van der Waals surface area contributed by atoms with Crippen LogP contribution >= 0.6 is 0 Å². The van der Waals surface area contributed by atoms with Gasteiger partial charge in [-0.15, -0.1) is 5.10 Å². The highest BCUT2D eigenvalue weighted by atomic mass is 16.2. The number of pyridine rings is 1. The lowest BCUT2D eigenvalue weighted by Gasteiger charge is -2.16. The zero-order chi connectivity index (χ0) is 19.1. The van der Waals surface area contributed by atoms with Crippen molar-refractivity contribution in [2.75, 3.05) is 19.6 Å². The molecule has 144 valence electrons. The summed E-state index contributed by atoms with van der Waals surface area (Å²) >= 11 is 0. The molecule has 1 aromatic carbocycles. The highest BCUT2D eigenvalue weighted by Gasteiger charge is 2.30. The topological polar surface area (TPSA) is 75.9 Å². The molecule has 1 amide bonds. The zero-order valence-corrected chi connectivity index (χ0v) is 16.0. The first kappa shape index (κ1) is 17.3. The summed E-state index contributed by atoms with van der Waals surface area (Å²) in [7, 11) is 0. The summed E-state index contributed by atoms with van der Waals surface area (Å²) in [4.78, 5) is 19.5. The number of fused-ring (bicyclic) bond motifs is 1. The molecule has 1 N–H and O–H groups in total. The van der Waals surface area contributed by atoms with Gasteiger partial charge in [0.2, 0.25) is 0 Å². The molecule has 7 heteroatoms. The van der Waals surface area contributed by atoms with Crippen molar-refractivity contribution in [1.82, 2.24) is 30.2 Å². The molecule has 0 bridgehead atoms. The molecular weight excluding hydrogens is 352 g/mol. The van der Waals surface area contributed by atoms with E-state index < -0.39 is 0 Å². The Morgan fingerprint density at radius 3 is 3.00 bits per heavy atom. The number of rotatable bonds is 5. The van der Waals surface area contributed by atoms with Crippen molar-refractivity contribution in [3.05, 3.63) is 48.0 Å². The number of aromatic nitrogens is 4. The Morgan fingerprint density at radius 2 is 2.14 bits per heavy atom. The lowest BCUT2D eigenvalue weighted by atomic mass is 10.1. The molecule has 7 nitrogen and oxygen atoms in total. The van der Waals surface area contributed by atoms with Gasteiger partial charge in [-0.25, -0.2) is 4.68 Å². The average molecular weight is 376 g/mol. The molecule has 1 aliphatic carbocycles. The Kier molecular flexibility index (Phi) is 4.31. The standard InChI is InChI=1S/C21H24N6O/c1-14-20(21(28)23-17-8-10-26(13-17)12-15-5-6-15)24-25-27(14)19-4-2-3-16-11-22-9-7-18(16)19/h2-4,7,9,11,15,17H,5-6,8,10,12-13H2,1H3,(H,23,28)/t17-/m1/s1. The number of nitrogens with zero attached hydrogens (tertiary/aromatic N) is 5. The molecule has 0 radical (unpaired) electrons. The van der Waals surface area contributed by atoms with E-state index in [4.69, 9.17) is 0 Å². The van der Waals surface area contributed by atoms with Crippen LogP contribution in [0, 0.1) is 12.8 Å². The van der Waals surface area contributed by atoms with E-state index in [1.54, 1.807) is 10.9 Å². The maximum Gasteiger partial charge on any atom is 0.274 e. The van der Waals surface area contributed by atoms with Gasteiger partial charge in [0.1, 0.15) is 0 Å². The first-order chi connectivity index (χ1) is 13.7. The third kappa shape index (κ3) is 3.26. The average Bonchev–Trinajstić information content (AvgIpc) is 3.28. The number of carbonyl (C=O) groups is 1. The molecule has 1 atom stereocenters. The predicted molar refractivity (Wildman–Crippen MR) is 106 cm³/mol. The van der Waals surface area contributed by atoms with Crippen LogP contribution in [-0.4, -0.2) is 56.5 Å². The minimum atomic E-state index is -0.135. The SMILES string of the molecule is Cc1c(C(=O)N[C@@H]2CCN(CC3CC3)C2)nnn1-c1cccc2cnccc12. The summed E-state index contributed by atoms with van der Waals surface area (Å²) in [5.74, 6) is 0.747. The van der Waals surface area contributed by atoms with Gasteiger partial charge in [0, 0.05) is 48.8 Å². The summed E-state index contributed by atoms with van der Waals surface area (Å²) in [6.45, 7) is 5.07. The first-order valence-electron chi connectivity index (χ1n) is 9.97. The van der Waals surface area contributed by atoms with Gasteiger partial charge in [-0.1, -0.05) is 17.3 Å². The van der Waals surface area contributed by atoms with Gasteiger partial charge in [0.15, 0.2) is 5.69 Å². The van der Waals surface area contributed by atoms with Crippen LogP contribution in [0.2, 0.25) is 0 Å². The maximum atomic E-state index is 12.8. The van der Waals surface area contributed by atoms with Crippen molar-refractivity contribution in [2.24, 2.45) is 5.92 Å². The van der Waals surface area contributed by atoms with Crippen LogP contribution in [0.5, 0.6) is 0 Å². The second-order valence-electron chi connectivity index (χ2n) is 7.97. The fourth-order valence-corrected chi connectivity index (χ4v) is 4.09. The Balaban J connectivity index is 1.34. The van der Waals surface area contributed by atoms with Crippen LogP contribution in [-0.2, 0) is 0 Å². The fraction of sp³-hybridized carbons (Fsp3) is 0.429. The maximum absolute atomic E-state index is 12.8. The van der Waals surface area contributed by atoms with Crippen LogP contribution < -0.4 is 5.32 Å². The van der Waals surface area contributed by atoms with Gasteiger partial charge in [-0.05, 0) is 44.2 Å². The predicted octanol–water partition coefficient (Wildman–Crippen LogP) is 2.34. The van der Waals surface area contributed by atoms with E-state index in [1.165, 1.54) is 19.4 Å². The Labute approximate surface area is 163 Å². The molecule has 5 rings (SSSR count). The summed E-state index contributed by atoms with van der Waals surface area (Å²) < 4.78 is 1.74.